The van der Waals surface area contributed by atoms with Crippen LogP contribution in [0.1, 0.15) is 29.7 Å². The normalized spacial score (nSPS) is 10.7. The summed E-state index contributed by atoms with van der Waals surface area (Å²) in [7, 11) is 0. The molecule has 0 unspecified atom stereocenters. The lowest BCUT2D eigenvalue weighted by Crippen LogP contribution is -2.15. The van der Waals surface area contributed by atoms with E-state index in [1.54, 1.807) is 0 Å². The fourth-order valence-corrected chi connectivity index (χ4v) is 2.43. The molecular weight excluding hydrogens is 262 g/mol. The Morgan fingerprint density at radius 3 is 2.79 bits per heavy atom. The summed E-state index contributed by atoms with van der Waals surface area (Å²) in [5.41, 5.74) is 2.03. The molecule has 0 spiro atoms. The highest BCUT2D eigenvalue weighted by atomic mass is 32.1. The molecule has 0 aliphatic rings. The highest BCUT2D eigenvalue weighted by molar-refractivity contribution is 7.15. The largest absolute Gasteiger partial charge is 0.300 e. The molecule has 0 aliphatic carbocycles. The summed E-state index contributed by atoms with van der Waals surface area (Å²) in [5.74, 6) is -0.0636. The number of hydrogen-bond donors (Lipinski definition) is 1. The third-order valence-electron chi connectivity index (χ3n) is 2.67. The number of aromatic nitrogens is 4. The van der Waals surface area contributed by atoms with E-state index in [9.17, 15) is 4.79 Å². The van der Waals surface area contributed by atoms with Crippen molar-refractivity contribution in [3.05, 3.63) is 22.5 Å². The molecule has 0 aliphatic heterocycles. The van der Waals surface area contributed by atoms with Crippen LogP contribution in [0.25, 0.3) is 0 Å². The number of anilines is 1. The van der Waals surface area contributed by atoms with Crippen LogP contribution in [0.5, 0.6) is 0 Å². The number of carbonyl (C=O) groups is 1. The molecule has 2 aromatic heterocycles. The summed E-state index contributed by atoms with van der Waals surface area (Å²) in [4.78, 5) is 11.8. The molecule has 1 amide bonds. The van der Waals surface area contributed by atoms with Crippen molar-refractivity contribution in [1.29, 1.82) is 0 Å². The van der Waals surface area contributed by atoms with Crippen LogP contribution in [0.4, 0.5) is 5.13 Å². The van der Waals surface area contributed by atoms with Crippen molar-refractivity contribution < 1.29 is 4.79 Å². The van der Waals surface area contributed by atoms with Crippen LogP contribution in [0.2, 0.25) is 0 Å². The predicted octanol–water partition coefficient (Wildman–Crippen LogP) is 1.94. The summed E-state index contributed by atoms with van der Waals surface area (Å²) < 4.78 is 1.84. The molecule has 7 heteroatoms. The number of amides is 1. The van der Waals surface area contributed by atoms with Crippen molar-refractivity contribution in [1.82, 2.24) is 20.0 Å². The Kier molecular flexibility index (Phi) is 4.26. The van der Waals surface area contributed by atoms with Gasteiger partial charge in [0.1, 0.15) is 5.01 Å². The first-order chi connectivity index (χ1) is 9.08. The Labute approximate surface area is 115 Å². The van der Waals surface area contributed by atoms with Crippen molar-refractivity contribution in [2.45, 2.75) is 40.2 Å². The van der Waals surface area contributed by atoms with E-state index >= 15 is 0 Å². The topological polar surface area (TPSA) is 72.7 Å². The quantitative estimate of drug-likeness (QED) is 0.908. The SMILES string of the molecule is CCc1nnc(NC(=O)CCn2nc(C)cc2C)s1. The molecule has 0 saturated carbocycles. The molecule has 0 aromatic carbocycles. The second-order valence-electron chi connectivity index (χ2n) is 4.30. The molecule has 2 heterocycles. The van der Waals surface area contributed by atoms with Gasteiger partial charge in [0.25, 0.3) is 0 Å². The molecule has 102 valence electrons. The minimum absolute atomic E-state index is 0.0636. The van der Waals surface area contributed by atoms with Gasteiger partial charge in [-0.1, -0.05) is 18.3 Å². The first-order valence-electron chi connectivity index (χ1n) is 6.21. The third kappa shape index (κ3) is 3.60. The fraction of sp³-hybridized carbons (Fsp3) is 0.500. The zero-order valence-electron chi connectivity index (χ0n) is 11.3. The van der Waals surface area contributed by atoms with Crippen molar-refractivity contribution in [3.8, 4) is 0 Å². The van der Waals surface area contributed by atoms with Gasteiger partial charge in [-0.3, -0.25) is 9.48 Å². The standard InChI is InChI=1S/C12H17N5OS/c1-4-11-14-15-12(19-11)13-10(18)5-6-17-9(3)7-8(2)16-17/h7H,4-6H2,1-3H3,(H,13,15,18). The average molecular weight is 279 g/mol. The average Bonchev–Trinajstić information content (AvgIpc) is 2.93. The van der Waals surface area contributed by atoms with E-state index in [1.807, 2.05) is 31.5 Å². The van der Waals surface area contributed by atoms with E-state index in [4.69, 9.17) is 0 Å². The number of aryl methyl sites for hydroxylation is 4. The maximum absolute atomic E-state index is 11.8. The van der Waals surface area contributed by atoms with E-state index in [-0.39, 0.29) is 5.91 Å². The van der Waals surface area contributed by atoms with E-state index in [0.29, 0.717) is 18.1 Å². The van der Waals surface area contributed by atoms with Gasteiger partial charge in [0.15, 0.2) is 0 Å². The summed E-state index contributed by atoms with van der Waals surface area (Å²) >= 11 is 1.41. The molecule has 19 heavy (non-hydrogen) atoms. The van der Waals surface area contributed by atoms with Gasteiger partial charge in [-0.05, 0) is 26.3 Å². The van der Waals surface area contributed by atoms with Gasteiger partial charge in [-0.2, -0.15) is 5.10 Å². The molecule has 0 saturated heterocycles. The molecule has 2 aromatic rings. The zero-order valence-corrected chi connectivity index (χ0v) is 12.1. The molecule has 1 N–H and O–H groups in total. The summed E-state index contributed by atoms with van der Waals surface area (Å²) in [6.07, 6.45) is 1.21. The lowest BCUT2D eigenvalue weighted by atomic mass is 10.3. The van der Waals surface area contributed by atoms with Crippen molar-refractivity contribution in [2.75, 3.05) is 5.32 Å². The minimum atomic E-state index is -0.0636. The minimum Gasteiger partial charge on any atom is -0.300 e. The van der Waals surface area contributed by atoms with Gasteiger partial charge < -0.3 is 5.32 Å². The Morgan fingerprint density at radius 2 is 2.21 bits per heavy atom. The highest BCUT2D eigenvalue weighted by Crippen LogP contribution is 2.15. The first kappa shape index (κ1) is 13.7. The molecule has 0 atom stereocenters. The monoisotopic (exact) mass is 279 g/mol. The number of nitrogens with one attached hydrogen (secondary N) is 1. The van der Waals surface area contributed by atoms with Crippen LogP contribution in [0.3, 0.4) is 0 Å². The molecule has 2 rings (SSSR count). The number of hydrogen-bond acceptors (Lipinski definition) is 5. The van der Waals surface area contributed by atoms with Gasteiger partial charge in [0.2, 0.25) is 11.0 Å². The smallest absolute Gasteiger partial charge is 0.228 e. The van der Waals surface area contributed by atoms with Crippen LogP contribution < -0.4 is 5.32 Å². The summed E-state index contributed by atoms with van der Waals surface area (Å²) in [6, 6.07) is 2.00. The van der Waals surface area contributed by atoms with Gasteiger partial charge in [-0.25, -0.2) is 0 Å². The van der Waals surface area contributed by atoms with Crippen LogP contribution >= 0.6 is 11.3 Å². The Morgan fingerprint density at radius 1 is 1.42 bits per heavy atom. The lowest BCUT2D eigenvalue weighted by molar-refractivity contribution is -0.116. The van der Waals surface area contributed by atoms with Crippen molar-refractivity contribution >= 4 is 22.4 Å². The maximum atomic E-state index is 11.8. The van der Waals surface area contributed by atoms with E-state index < -0.39 is 0 Å². The van der Waals surface area contributed by atoms with Crippen LogP contribution in [0, 0.1) is 13.8 Å². The third-order valence-corrected chi connectivity index (χ3v) is 3.65. The van der Waals surface area contributed by atoms with Gasteiger partial charge in [0, 0.05) is 18.7 Å². The second kappa shape index (κ2) is 5.92. The fourth-order valence-electron chi connectivity index (χ4n) is 1.74. The molecular formula is C12H17N5OS. The van der Waals surface area contributed by atoms with Crippen molar-refractivity contribution in [3.63, 3.8) is 0 Å². The van der Waals surface area contributed by atoms with Gasteiger partial charge in [0.05, 0.1) is 5.69 Å². The zero-order chi connectivity index (χ0) is 13.8. The van der Waals surface area contributed by atoms with E-state index in [1.165, 1.54) is 11.3 Å². The Balaban J connectivity index is 1.86. The summed E-state index contributed by atoms with van der Waals surface area (Å²) in [5, 5.41) is 16.4. The number of carbonyl (C=O) groups excluding carboxylic acids is 1. The van der Waals surface area contributed by atoms with Crippen LogP contribution in [-0.2, 0) is 17.8 Å². The molecule has 0 fully saturated rings. The molecule has 0 bridgehead atoms. The first-order valence-corrected chi connectivity index (χ1v) is 7.03. The second-order valence-corrected chi connectivity index (χ2v) is 5.36. The van der Waals surface area contributed by atoms with Crippen LogP contribution in [0.15, 0.2) is 6.07 Å². The van der Waals surface area contributed by atoms with Gasteiger partial charge in [-0.15, -0.1) is 10.2 Å². The summed E-state index contributed by atoms with van der Waals surface area (Å²) in [6.45, 7) is 6.51. The molecule has 0 radical (unpaired) electrons. The molecule has 6 nitrogen and oxygen atoms in total. The Bertz CT molecular complexity index is 574. The highest BCUT2D eigenvalue weighted by Gasteiger charge is 2.08. The number of nitrogens with zero attached hydrogens (tertiary/aromatic N) is 4. The maximum Gasteiger partial charge on any atom is 0.228 e. The van der Waals surface area contributed by atoms with E-state index in [0.717, 1.165) is 22.8 Å². The van der Waals surface area contributed by atoms with E-state index in [2.05, 4.69) is 20.6 Å². The van der Waals surface area contributed by atoms with Crippen LogP contribution in [-0.4, -0.2) is 25.9 Å². The lowest BCUT2D eigenvalue weighted by Gasteiger charge is -2.03. The van der Waals surface area contributed by atoms with Crippen molar-refractivity contribution in [2.24, 2.45) is 0 Å². The Hall–Kier alpha value is -1.76. The predicted molar refractivity (Wildman–Crippen MR) is 74.2 cm³/mol. The van der Waals surface area contributed by atoms with Gasteiger partial charge >= 0.3 is 0 Å². The number of rotatable bonds is 5.